The van der Waals surface area contributed by atoms with Gasteiger partial charge in [-0.15, -0.1) is 0 Å². The Bertz CT molecular complexity index is 637. The molecule has 2 heterocycles. The smallest absolute Gasteiger partial charge is 0.245 e. The van der Waals surface area contributed by atoms with Gasteiger partial charge < -0.3 is 14.4 Å². The standard InChI is InChI=1S/C16H24N2O4S/c1-3-17-10-8-16(9-11-17)18(12-13-22-16)23(19,20)15-6-4-14(21-2)5-7-15/h4-7H,3,8-13H2,1-2H3. The number of benzene rings is 1. The van der Waals surface area contributed by atoms with E-state index >= 15 is 0 Å². The van der Waals surface area contributed by atoms with E-state index in [0.717, 1.165) is 32.5 Å². The number of likely N-dealkylation sites (tertiary alicyclic amines) is 1. The van der Waals surface area contributed by atoms with Crippen molar-refractivity contribution in [2.24, 2.45) is 0 Å². The Morgan fingerprint density at radius 3 is 2.39 bits per heavy atom. The third-order valence-electron chi connectivity index (χ3n) is 4.85. The van der Waals surface area contributed by atoms with Gasteiger partial charge in [0.1, 0.15) is 11.5 Å². The maximum atomic E-state index is 13.1. The summed E-state index contributed by atoms with van der Waals surface area (Å²) in [5.41, 5.74) is -0.676. The van der Waals surface area contributed by atoms with E-state index in [0.29, 0.717) is 23.8 Å². The monoisotopic (exact) mass is 340 g/mol. The van der Waals surface area contributed by atoms with Gasteiger partial charge in [0.05, 0.1) is 18.6 Å². The lowest BCUT2D eigenvalue weighted by Gasteiger charge is -2.42. The van der Waals surface area contributed by atoms with E-state index in [1.165, 1.54) is 0 Å². The highest BCUT2D eigenvalue weighted by Gasteiger charge is 2.50. The van der Waals surface area contributed by atoms with Crippen LogP contribution < -0.4 is 4.74 Å². The van der Waals surface area contributed by atoms with Crippen LogP contribution in [0.5, 0.6) is 5.75 Å². The number of hydrogen-bond acceptors (Lipinski definition) is 5. The van der Waals surface area contributed by atoms with Crippen molar-refractivity contribution in [3.8, 4) is 5.75 Å². The minimum atomic E-state index is -3.56. The summed E-state index contributed by atoms with van der Waals surface area (Å²) in [5, 5.41) is 0. The minimum absolute atomic E-state index is 0.293. The molecule has 23 heavy (non-hydrogen) atoms. The maximum absolute atomic E-state index is 13.1. The summed E-state index contributed by atoms with van der Waals surface area (Å²) >= 11 is 0. The minimum Gasteiger partial charge on any atom is -0.497 e. The van der Waals surface area contributed by atoms with Gasteiger partial charge >= 0.3 is 0 Å². The van der Waals surface area contributed by atoms with Crippen LogP contribution in [0, 0.1) is 0 Å². The van der Waals surface area contributed by atoms with Gasteiger partial charge in [-0.2, -0.15) is 4.31 Å². The van der Waals surface area contributed by atoms with Crippen molar-refractivity contribution in [1.29, 1.82) is 0 Å². The normalized spacial score (nSPS) is 22.5. The molecule has 0 radical (unpaired) electrons. The third kappa shape index (κ3) is 2.98. The maximum Gasteiger partial charge on any atom is 0.245 e. The molecule has 128 valence electrons. The Labute approximate surface area is 138 Å². The SMILES string of the molecule is CCN1CCC2(CC1)OCCN2S(=O)(=O)c1ccc(OC)cc1. The zero-order valence-corrected chi connectivity index (χ0v) is 14.5. The highest BCUT2D eigenvalue weighted by Crippen LogP contribution is 2.38. The number of methoxy groups -OCH3 is 1. The van der Waals surface area contributed by atoms with Crippen LogP contribution in [-0.4, -0.2) is 63.2 Å². The zero-order chi connectivity index (χ0) is 16.5. The van der Waals surface area contributed by atoms with E-state index in [9.17, 15) is 8.42 Å². The summed E-state index contributed by atoms with van der Waals surface area (Å²) in [6, 6.07) is 6.55. The molecule has 7 heteroatoms. The molecule has 2 aliphatic rings. The lowest BCUT2D eigenvalue weighted by atomic mass is 10.0. The molecule has 2 fully saturated rings. The predicted octanol–water partition coefficient (Wildman–Crippen LogP) is 1.53. The zero-order valence-electron chi connectivity index (χ0n) is 13.7. The number of ether oxygens (including phenoxy) is 2. The van der Waals surface area contributed by atoms with E-state index in [1.54, 1.807) is 35.7 Å². The molecule has 1 aromatic carbocycles. The summed E-state index contributed by atoms with van der Waals surface area (Å²) in [5.74, 6) is 0.646. The molecule has 0 atom stereocenters. The summed E-state index contributed by atoms with van der Waals surface area (Å²) in [6.07, 6.45) is 1.44. The van der Waals surface area contributed by atoms with Crippen LogP contribution in [0.25, 0.3) is 0 Å². The fourth-order valence-electron chi connectivity index (χ4n) is 3.42. The molecule has 2 saturated heterocycles. The van der Waals surface area contributed by atoms with E-state index in [4.69, 9.17) is 9.47 Å². The molecule has 0 aliphatic carbocycles. The first-order chi connectivity index (χ1) is 11.0. The molecule has 1 aromatic rings. The van der Waals surface area contributed by atoms with E-state index in [-0.39, 0.29) is 0 Å². The second-order valence-electron chi connectivity index (χ2n) is 5.98. The summed E-state index contributed by atoms with van der Waals surface area (Å²) in [6.45, 7) is 5.72. The van der Waals surface area contributed by atoms with Gasteiger partial charge in [0.15, 0.2) is 0 Å². The molecule has 0 N–H and O–H groups in total. The van der Waals surface area contributed by atoms with Crippen molar-refractivity contribution < 1.29 is 17.9 Å². The van der Waals surface area contributed by atoms with Crippen LogP contribution in [-0.2, 0) is 14.8 Å². The molecule has 0 saturated carbocycles. The van der Waals surface area contributed by atoms with Crippen molar-refractivity contribution in [2.75, 3.05) is 39.9 Å². The van der Waals surface area contributed by atoms with Gasteiger partial charge in [-0.05, 0) is 30.8 Å². The van der Waals surface area contributed by atoms with E-state index < -0.39 is 15.7 Å². The average Bonchev–Trinajstić information content (AvgIpc) is 3.00. The molecule has 0 bridgehead atoms. The fourth-order valence-corrected chi connectivity index (χ4v) is 5.14. The molecule has 6 nitrogen and oxygen atoms in total. The first-order valence-electron chi connectivity index (χ1n) is 8.05. The Hall–Kier alpha value is -1.15. The van der Waals surface area contributed by atoms with E-state index in [1.807, 2.05) is 0 Å². The number of sulfonamides is 1. The number of nitrogens with zero attached hydrogens (tertiary/aromatic N) is 2. The number of rotatable bonds is 4. The third-order valence-corrected chi connectivity index (χ3v) is 6.82. The first kappa shape index (κ1) is 16.7. The molecule has 0 unspecified atom stereocenters. The summed E-state index contributed by atoms with van der Waals surface area (Å²) in [4.78, 5) is 2.62. The van der Waals surface area contributed by atoms with Crippen LogP contribution in [0.4, 0.5) is 0 Å². The Kier molecular flexibility index (Phi) is 4.64. The predicted molar refractivity (Wildman–Crippen MR) is 86.9 cm³/mol. The quantitative estimate of drug-likeness (QED) is 0.832. The highest BCUT2D eigenvalue weighted by molar-refractivity contribution is 7.89. The average molecular weight is 340 g/mol. The van der Waals surface area contributed by atoms with Crippen molar-refractivity contribution in [1.82, 2.24) is 9.21 Å². The molecule has 2 aliphatic heterocycles. The lowest BCUT2D eigenvalue weighted by Crippen LogP contribution is -2.54. The molecule has 0 aromatic heterocycles. The van der Waals surface area contributed by atoms with Crippen LogP contribution >= 0.6 is 0 Å². The Balaban J connectivity index is 1.86. The second kappa shape index (κ2) is 6.39. The highest BCUT2D eigenvalue weighted by atomic mass is 32.2. The van der Waals surface area contributed by atoms with Crippen LogP contribution in [0.3, 0.4) is 0 Å². The molecular formula is C16H24N2O4S. The topological polar surface area (TPSA) is 59.1 Å². The van der Waals surface area contributed by atoms with Crippen molar-refractivity contribution in [2.45, 2.75) is 30.4 Å². The molecule has 3 rings (SSSR count). The molecule has 1 spiro atoms. The first-order valence-corrected chi connectivity index (χ1v) is 9.49. The lowest BCUT2D eigenvalue weighted by molar-refractivity contribution is -0.0899. The summed E-state index contributed by atoms with van der Waals surface area (Å²) < 4.78 is 38.7. The second-order valence-corrected chi connectivity index (χ2v) is 7.84. The van der Waals surface area contributed by atoms with Crippen molar-refractivity contribution in [3.05, 3.63) is 24.3 Å². The molecule has 0 amide bonds. The van der Waals surface area contributed by atoms with Crippen molar-refractivity contribution in [3.63, 3.8) is 0 Å². The van der Waals surface area contributed by atoms with Gasteiger partial charge in [0.2, 0.25) is 10.0 Å². The van der Waals surface area contributed by atoms with Crippen LogP contribution in [0.2, 0.25) is 0 Å². The Morgan fingerprint density at radius 2 is 1.83 bits per heavy atom. The van der Waals surface area contributed by atoms with Gasteiger partial charge in [-0.3, -0.25) is 0 Å². The van der Waals surface area contributed by atoms with E-state index in [2.05, 4.69) is 11.8 Å². The van der Waals surface area contributed by atoms with Gasteiger partial charge in [0, 0.05) is 32.5 Å². The van der Waals surface area contributed by atoms with Gasteiger partial charge in [-0.1, -0.05) is 6.92 Å². The van der Waals surface area contributed by atoms with Crippen LogP contribution in [0.15, 0.2) is 29.2 Å². The van der Waals surface area contributed by atoms with Crippen molar-refractivity contribution >= 4 is 10.0 Å². The largest absolute Gasteiger partial charge is 0.497 e. The van der Waals surface area contributed by atoms with Crippen LogP contribution in [0.1, 0.15) is 19.8 Å². The van der Waals surface area contributed by atoms with Gasteiger partial charge in [-0.25, -0.2) is 8.42 Å². The fraction of sp³-hybridized carbons (Fsp3) is 0.625. The number of piperidine rings is 1. The molecular weight excluding hydrogens is 316 g/mol. The number of hydrogen-bond donors (Lipinski definition) is 0. The Morgan fingerprint density at radius 1 is 1.17 bits per heavy atom. The summed E-state index contributed by atoms with van der Waals surface area (Å²) in [7, 11) is -2.00. The van der Waals surface area contributed by atoms with Gasteiger partial charge in [0.25, 0.3) is 0 Å².